The first-order chi connectivity index (χ1) is 9.86. The summed E-state index contributed by atoms with van der Waals surface area (Å²) in [5, 5.41) is 2.96. The van der Waals surface area contributed by atoms with E-state index in [1.54, 1.807) is 0 Å². The molecule has 0 heterocycles. The third-order valence-corrected chi connectivity index (χ3v) is 5.68. The molecule has 6 heteroatoms. The van der Waals surface area contributed by atoms with Crippen LogP contribution in [0.4, 0.5) is 13.2 Å². The van der Waals surface area contributed by atoms with Crippen LogP contribution in [0.3, 0.4) is 0 Å². The molecule has 2 aliphatic carbocycles. The van der Waals surface area contributed by atoms with E-state index in [1.807, 2.05) is 0 Å². The fourth-order valence-electron chi connectivity index (χ4n) is 3.48. The van der Waals surface area contributed by atoms with Gasteiger partial charge >= 0.3 is 6.18 Å². The molecule has 2 saturated carbocycles. The summed E-state index contributed by atoms with van der Waals surface area (Å²) in [6, 6.07) is 0. The first kappa shape index (κ1) is 17.1. The lowest BCUT2D eigenvalue weighted by Gasteiger charge is -2.30. The monoisotopic (exact) mass is 369 g/mol. The average Bonchev–Trinajstić information content (AvgIpc) is 2.44. The molecule has 0 aliphatic heterocycles. The number of rotatable bonds is 3. The van der Waals surface area contributed by atoms with Crippen molar-refractivity contribution in [3.05, 3.63) is 0 Å². The van der Waals surface area contributed by atoms with Crippen molar-refractivity contribution in [1.29, 1.82) is 0 Å². The Morgan fingerprint density at radius 3 is 2.33 bits per heavy atom. The van der Waals surface area contributed by atoms with Crippen LogP contribution in [0, 0.1) is 17.8 Å². The molecular weight excluding hydrogens is 347 g/mol. The zero-order chi connectivity index (χ0) is 15.5. The number of hydrogen-bond donors (Lipinski definition) is 1. The molecule has 0 spiro atoms. The maximum Gasteiger partial charge on any atom is 0.391 e. The Morgan fingerprint density at radius 2 is 1.76 bits per heavy atom. The molecule has 122 valence electrons. The normalized spacial score (nSPS) is 34.5. The minimum absolute atomic E-state index is 0.0488. The van der Waals surface area contributed by atoms with Gasteiger partial charge in [0.25, 0.3) is 0 Å². The van der Waals surface area contributed by atoms with Crippen LogP contribution in [0.25, 0.3) is 0 Å². The molecule has 1 N–H and O–H groups in total. The number of halogens is 4. The van der Waals surface area contributed by atoms with E-state index in [9.17, 15) is 18.0 Å². The summed E-state index contributed by atoms with van der Waals surface area (Å²) in [5.74, 6) is -0.994. The fraction of sp³-hybridized carbons (Fsp3) is 0.933. The summed E-state index contributed by atoms with van der Waals surface area (Å²) in [6.07, 6.45) is 1.37. The molecule has 0 aromatic carbocycles. The van der Waals surface area contributed by atoms with Gasteiger partial charge in [0.2, 0.25) is 5.91 Å². The van der Waals surface area contributed by atoms with Crippen molar-refractivity contribution in [2.75, 3.05) is 6.54 Å². The number of carbonyl (C=O) groups is 1. The third-order valence-electron chi connectivity index (χ3n) is 4.84. The molecule has 0 bridgehead atoms. The van der Waals surface area contributed by atoms with Crippen molar-refractivity contribution < 1.29 is 18.0 Å². The van der Waals surface area contributed by atoms with Crippen LogP contribution in [0.2, 0.25) is 0 Å². The molecule has 21 heavy (non-hydrogen) atoms. The highest BCUT2D eigenvalue weighted by Crippen LogP contribution is 2.39. The lowest BCUT2D eigenvalue weighted by molar-refractivity contribution is -0.184. The van der Waals surface area contributed by atoms with E-state index in [4.69, 9.17) is 0 Å². The molecular formula is C15H23BrF3NO. The first-order valence-corrected chi connectivity index (χ1v) is 8.76. The number of hydrogen-bond acceptors (Lipinski definition) is 1. The van der Waals surface area contributed by atoms with E-state index in [0.717, 1.165) is 12.8 Å². The molecule has 2 unspecified atom stereocenters. The Bertz CT molecular complexity index is 353. The topological polar surface area (TPSA) is 29.1 Å². The molecule has 0 aromatic rings. The molecule has 0 radical (unpaired) electrons. The predicted octanol–water partition coefficient (Wildman–Crippen LogP) is 4.43. The van der Waals surface area contributed by atoms with Crippen LogP contribution in [-0.2, 0) is 4.79 Å². The Balaban J connectivity index is 1.70. The number of alkyl halides is 4. The van der Waals surface area contributed by atoms with Crippen LogP contribution in [0.1, 0.15) is 51.4 Å². The number of carbonyl (C=O) groups excluding carboxylic acids is 1. The molecule has 1 amide bonds. The van der Waals surface area contributed by atoms with Gasteiger partial charge < -0.3 is 5.32 Å². The Hall–Kier alpha value is -0.260. The van der Waals surface area contributed by atoms with Gasteiger partial charge in [0.15, 0.2) is 0 Å². The van der Waals surface area contributed by atoms with E-state index >= 15 is 0 Å². The van der Waals surface area contributed by atoms with Crippen molar-refractivity contribution in [3.8, 4) is 0 Å². The van der Waals surface area contributed by atoms with E-state index in [0.29, 0.717) is 30.1 Å². The third kappa shape index (κ3) is 5.15. The predicted molar refractivity (Wildman–Crippen MR) is 79.2 cm³/mol. The highest BCUT2D eigenvalue weighted by Gasteiger charge is 2.42. The van der Waals surface area contributed by atoms with Gasteiger partial charge in [-0.05, 0) is 50.9 Å². The van der Waals surface area contributed by atoms with Gasteiger partial charge in [-0.15, -0.1) is 0 Å². The quantitative estimate of drug-likeness (QED) is 0.732. The maximum absolute atomic E-state index is 12.6. The van der Waals surface area contributed by atoms with Crippen molar-refractivity contribution in [2.24, 2.45) is 17.8 Å². The van der Waals surface area contributed by atoms with Gasteiger partial charge in [-0.25, -0.2) is 0 Å². The first-order valence-electron chi connectivity index (χ1n) is 7.84. The largest absolute Gasteiger partial charge is 0.391 e. The van der Waals surface area contributed by atoms with E-state index in [1.165, 1.54) is 12.8 Å². The number of nitrogens with one attached hydrogen (secondary N) is 1. The van der Waals surface area contributed by atoms with Crippen LogP contribution in [0.15, 0.2) is 0 Å². The fourth-order valence-corrected chi connectivity index (χ4v) is 4.34. The van der Waals surface area contributed by atoms with Crippen molar-refractivity contribution >= 4 is 21.8 Å². The number of amides is 1. The van der Waals surface area contributed by atoms with Gasteiger partial charge in [-0.1, -0.05) is 22.4 Å². The second-order valence-electron chi connectivity index (χ2n) is 6.47. The highest BCUT2D eigenvalue weighted by atomic mass is 79.9. The Morgan fingerprint density at radius 1 is 1.10 bits per heavy atom. The molecule has 2 aliphatic rings. The second kappa shape index (κ2) is 7.34. The van der Waals surface area contributed by atoms with Crippen LogP contribution >= 0.6 is 15.9 Å². The minimum atomic E-state index is -4.10. The van der Waals surface area contributed by atoms with Crippen molar-refractivity contribution in [1.82, 2.24) is 5.32 Å². The summed E-state index contributed by atoms with van der Waals surface area (Å²) in [7, 11) is 0. The highest BCUT2D eigenvalue weighted by molar-refractivity contribution is 9.09. The van der Waals surface area contributed by atoms with E-state index < -0.39 is 12.1 Å². The molecule has 2 nitrogen and oxygen atoms in total. The lowest BCUT2D eigenvalue weighted by Crippen LogP contribution is -2.38. The van der Waals surface area contributed by atoms with Gasteiger partial charge in [-0.3, -0.25) is 4.79 Å². The maximum atomic E-state index is 12.6. The Labute approximate surface area is 132 Å². The van der Waals surface area contributed by atoms with Crippen LogP contribution < -0.4 is 5.32 Å². The molecule has 0 aromatic heterocycles. The lowest BCUT2D eigenvalue weighted by atomic mass is 9.81. The van der Waals surface area contributed by atoms with E-state index in [-0.39, 0.29) is 24.7 Å². The zero-order valence-corrected chi connectivity index (χ0v) is 13.7. The van der Waals surface area contributed by atoms with E-state index in [2.05, 4.69) is 21.2 Å². The molecule has 2 fully saturated rings. The van der Waals surface area contributed by atoms with Gasteiger partial charge in [0, 0.05) is 17.3 Å². The van der Waals surface area contributed by atoms with Crippen molar-refractivity contribution in [2.45, 2.75) is 62.4 Å². The SMILES string of the molecule is O=C(NCC1CCCC(Br)C1)C1CCC(C(F)(F)F)CC1. The molecule has 2 atom stereocenters. The summed E-state index contributed by atoms with van der Waals surface area (Å²) < 4.78 is 37.8. The standard InChI is InChI=1S/C15H23BrF3NO/c16-13-3-1-2-10(8-13)9-20-14(21)11-4-6-12(7-5-11)15(17,18)19/h10-13H,1-9H2,(H,20,21). The van der Waals surface area contributed by atoms with Crippen molar-refractivity contribution in [3.63, 3.8) is 0 Å². The zero-order valence-electron chi connectivity index (χ0n) is 12.1. The van der Waals surface area contributed by atoms with Gasteiger partial charge in [0.05, 0.1) is 5.92 Å². The van der Waals surface area contributed by atoms with Gasteiger partial charge in [-0.2, -0.15) is 13.2 Å². The van der Waals surface area contributed by atoms with Crippen LogP contribution in [0.5, 0.6) is 0 Å². The van der Waals surface area contributed by atoms with Gasteiger partial charge in [0.1, 0.15) is 0 Å². The minimum Gasteiger partial charge on any atom is -0.356 e. The summed E-state index contributed by atoms with van der Waals surface area (Å²) in [4.78, 5) is 12.6. The second-order valence-corrected chi connectivity index (χ2v) is 7.76. The molecule has 0 saturated heterocycles. The summed E-state index contributed by atoms with van der Waals surface area (Å²) >= 11 is 3.62. The smallest absolute Gasteiger partial charge is 0.356 e. The Kier molecular flexibility index (Phi) is 5.97. The summed E-state index contributed by atoms with van der Waals surface area (Å²) in [6.45, 7) is 0.667. The summed E-state index contributed by atoms with van der Waals surface area (Å²) in [5.41, 5.74) is 0. The average molecular weight is 370 g/mol. The van der Waals surface area contributed by atoms with Crippen LogP contribution in [-0.4, -0.2) is 23.5 Å². The molecule has 2 rings (SSSR count).